The topological polar surface area (TPSA) is 35.2 Å². The molecule has 2 aliphatic rings. The average Bonchev–Trinajstić information content (AvgIpc) is 2.34. The van der Waals surface area contributed by atoms with E-state index in [1.54, 1.807) is 0 Å². The molecule has 17 heavy (non-hydrogen) atoms. The highest BCUT2D eigenvalue weighted by Crippen LogP contribution is 2.34. The fraction of sp³-hybridized carbons (Fsp3) is 1.00. The maximum Gasteiger partial charge on any atom is 0.0619 e. The molecule has 2 nitrogen and oxygen atoms in total. The van der Waals surface area contributed by atoms with E-state index in [2.05, 4.69) is 13.8 Å². The summed E-state index contributed by atoms with van der Waals surface area (Å²) in [6.45, 7) is 5.56. The molecule has 0 radical (unpaired) electrons. The Morgan fingerprint density at radius 3 is 2.47 bits per heavy atom. The van der Waals surface area contributed by atoms with Crippen LogP contribution in [0.5, 0.6) is 0 Å². The second kappa shape index (κ2) is 6.19. The van der Waals surface area contributed by atoms with Crippen molar-refractivity contribution < 1.29 is 4.74 Å². The lowest BCUT2D eigenvalue weighted by atomic mass is 9.79. The Bertz CT molecular complexity index is 231. The summed E-state index contributed by atoms with van der Waals surface area (Å²) in [6.07, 6.45) is 10.0. The van der Waals surface area contributed by atoms with Gasteiger partial charge >= 0.3 is 0 Å². The van der Waals surface area contributed by atoms with Crippen LogP contribution in [0.2, 0.25) is 0 Å². The number of rotatable bonds is 3. The lowest BCUT2D eigenvalue weighted by molar-refractivity contribution is -0.0824. The average molecular weight is 239 g/mol. The molecule has 100 valence electrons. The van der Waals surface area contributed by atoms with Crippen molar-refractivity contribution >= 4 is 0 Å². The summed E-state index contributed by atoms with van der Waals surface area (Å²) in [6, 6.07) is 0. The van der Waals surface area contributed by atoms with Gasteiger partial charge in [0.05, 0.1) is 12.2 Å². The molecule has 5 atom stereocenters. The molecular weight excluding hydrogens is 210 g/mol. The van der Waals surface area contributed by atoms with Gasteiger partial charge in [-0.15, -0.1) is 0 Å². The molecule has 0 saturated heterocycles. The number of hydrogen-bond acceptors (Lipinski definition) is 2. The molecule has 5 unspecified atom stereocenters. The van der Waals surface area contributed by atoms with Crippen molar-refractivity contribution in [3.8, 4) is 0 Å². The molecule has 0 aliphatic heterocycles. The van der Waals surface area contributed by atoms with Crippen LogP contribution in [-0.2, 0) is 4.74 Å². The monoisotopic (exact) mass is 239 g/mol. The molecule has 0 aromatic heterocycles. The third kappa shape index (κ3) is 3.45. The van der Waals surface area contributed by atoms with Crippen LogP contribution in [0.15, 0.2) is 0 Å². The summed E-state index contributed by atoms with van der Waals surface area (Å²) in [7, 11) is 0. The van der Waals surface area contributed by atoms with Crippen LogP contribution in [-0.4, -0.2) is 18.8 Å². The van der Waals surface area contributed by atoms with Gasteiger partial charge in [0.25, 0.3) is 0 Å². The molecule has 0 amide bonds. The first-order valence-electron chi connectivity index (χ1n) is 7.56. The van der Waals surface area contributed by atoms with Gasteiger partial charge in [0.1, 0.15) is 0 Å². The van der Waals surface area contributed by atoms with E-state index in [0.717, 1.165) is 18.4 Å². The summed E-state index contributed by atoms with van der Waals surface area (Å²) in [5, 5.41) is 0. The van der Waals surface area contributed by atoms with Crippen LogP contribution in [0, 0.1) is 17.8 Å². The van der Waals surface area contributed by atoms with Gasteiger partial charge in [-0.2, -0.15) is 0 Å². The van der Waals surface area contributed by atoms with Gasteiger partial charge in [0.15, 0.2) is 0 Å². The van der Waals surface area contributed by atoms with Crippen molar-refractivity contribution in [3.05, 3.63) is 0 Å². The van der Waals surface area contributed by atoms with Gasteiger partial charge in [-0.3, -0.25) is 0 Å². The highest BCUT2D eigenvalue weighted by atomic mass is 16.5. The van der Waals surface area contributed by atoms with Gasteiger partial charge in [-0.1, -0.05) is 26.7 Å². The second-order valence-corrected chi connectivity index (χ2v) is 6.34. The van der Waals surface area contributed by atoms with E-state index in [-0.39, 0.29) is 0 Å². The smallest absolute Gasteiger partial charge is 0.0619 e. The first-order chi connectivity index (χ1) is 8.20. The summed E-state index contributed by atoms with van der Waals surface area (Å²) >= 11 is 0. The largest absolute Gasteiger partial charge is 0.375 e. The number of hydrogen-bond donors (Lipinski definition) is 1. The van der Waals surface area contributed by atoms with E-state index in [1.165, 1.54) is 44.9 Å². The second-order valence-electron chi connectivity index (χ2n) is 6.34. The van der Waals surface area contributed by atoms with Crippen molar-refractivity contribution in [1.29, 1.82) is 0 Å². The predicted octanol–water partition coefficient (Wildman–Crippen LogP) is 3.35. The number of ether oxygens (including phenoxy) is 1. The summed E-state index contributed by atoms with van der Waals surface area (Å²) in [5.41, 5.74) is 5.87. The standard InChI is InChI=1S/C15H29NO/c1-11-7-8-14(9-12(11)2)17-15-6-4-3-5-13(15)10-16/h11-15H,3-10,16H2,1-2H3. The quantitative estimate of drug-likeness (QED) is 0.819. The molecule has 2 rings (SSSR count). The van der Waals surface area contributed by atoms with Gasteiger partial charge < -0.3 is 10.5 Å². The molecule has 2 N–H and O–H groups in total. The minimum atomic E-state index is 0.458. The van der Waals surface area contributed by atoms with Gasteiger partial charge in [-0.25, -0.2) is 0 Å². The summed E-state index contributed by atoms with van der Waals surface area (Å²) < 4.78 is 6.37. The Hall–Kier alpha value is -0.0800. The van der Waals surface area contributed by atoms with Crippen molar-refractivity contribution in [2.45, 2.75) is 71.0 Å². The van der Waals surface area contributed by atoms with E-state index >= 15 is 0 Å². The van der Waals surface area contributed by atoms with Gasteiger partial charge in [0.2, 0.25) is 0 Å². The van der Waals surface area contributed by atoms with Crippen molar-refractivity contribution in [3.63, 3.8) is 0 Å². The maximum absolute atomic E-state index is 6.37. The van der Waals surface area contributed by atoms with Crippen LogP contribution in [0.3, 0.4) is 0 Å². The van der Waals surface area contributed by atoms with E-state index in [0.29, 0.717) is 18.1 Å². The molecule has 2 fully saturated rings. The molecule has 2 aliphatic carbocycles. The zero-order valence-electron chi connectivity index (χ0n) is 11.5. The fourth-order valence-electron chi connectivity index (χ4n) is 3.49. The SMILES string of the molecule is CC1CCC(OC2CCCCC2CN)CC1C. The van der Waals surface area contributed by atoms with Crippen LogP contribution in [0.1, 0.15) is 58.8 Å². The van der Waals surface area contributed by atoms with Crippen LogP contribution >= 0.6 is 0 Å². The minimum Gasteiger partial charge on any atom is -0.375 e. The van der Waals surface area contributed by atoms with E-state index in [4.69, 9.17) is 10.5 Å². The molecule has 2 heteroatoms. The van der Waals surface area contributed by atoms with Crippen molar-refractivity contribution in [2.24, 2.45) is 23.5 Å². The zero-order valence-corrected chi connectivity index (χ0v) is 11.5. The normalized spacial score (nSPS) is 43.6. The minimum absolute atomic E-state index is 0.458. The highest BCUT2D eigenvalue weighted by molar-refractivity contribution is 4.81. The molecule has 0 aromatic carbocycles. The molecular formula is C15H29NO. The van der Waals surface area contributed by atoms with E-state index in [1.807, 2.05) is 0 Å². The molecule has 2 saturated carbocycles. The molecule has 0 spiro atoms. The Kier molecular flexibility index (Phi) is 4.87. The number of nitrogens with two attached hydrogens (primary N) is 1. The zero-order chi connectivity index (χ0) is 12.3. The Balaban J connectivity index is 1.83. The summed E-state index contributed by atoms with van der Waals surface area (Å²) in [5.74, 6) is 2.33. The lowest BCUT2D eigenvalue weighted by Crippen LogP contribution is -2.38. The molecule has 0 aromatic rings. The van der Waals surface area contributed by atoms with Crippen molar-refractivity contribution in [1.82, 2.24) is 0 Å². The van der Waals surface area contributed by atoms with Crippen LogP contribution in [0.25, 0.3) is 0 Å². The van der Waals surface area contributed by atoms with Gasteiger partial charge in [-0.05, 0) is 56.4 Å². The lowest BCUT2D eigenvalue weighted by Gasteiger charge is -2.38. The van der Waals surface area contributed by atoms with Gasteiger partial charge in [0, 0.05) is 0 Å². The summed E-state index contributed by atoms with van der Waals surface area (Å²) in [4.78, 5) is 0. The highest BCUT2D eigenvalue weighted by Gasteiger charge is 2.31. The maximum atomic E-state index is 6.37. The molecule has 0 heterocycles. The Morgan fingerprint density at radius 2 is 1.76 bits per heavy atom. The van der Waals surface area contributed by atoms with Crippen LogP contribution < -0.4 is 5.73 Å². The van der Waals surface area contributed by atoms with E-state index in [9.17, 15) is 0 Å². The van der Waals surface area contributed by atoms with Crippen LogP contribution in [0.4, 0.5) is 0 Å². The Labute approximate surface area is 106 Å². The molecule has 0 bridgehead atoms. The first-order valence-corrected chi connectivity index (χ1v) is 7.56. The predicted molar refractivity (Wildman–Crippen MR) is 71.9 cm³/mol. The third-order valence-electron chi connectivity index (χ3n) is 5.06. The van der Waals surface area contributed by atoms with E-state index < -0.39 is 0 Å². The third-order valence-corrected chi connectivity index (χ3v) is 5.06. The first kappa shape index (κ1) is 13.4. The fourth-order valence-corrected chi connectivity index (χ4v) is 3.49. The van der Waals surface area contributed by atoms with Crippen molar-refractivity contribution in [2.75, 3.05) is 6.54 Å². The Morgan fingerprint density at radius 1 is 1.00 bits per heavy atom.